The molecule has 2 aliphatic rings. The van der Waals surface area contributed by atoms with E-state index in [0.717, 1.165) is 16.7 Å². The van der Waals surface area contributed by atoms with Crippen molar-refractivity contribution in [3.05, 3.63) is 48.5 Å². The van der Waals surface area contributed by atoms with E-state index in [-0.39, 0.29) is 11.6 Å². The fourth-order valence-corrected chi connectivity index (χ4v) is 3.43. The molecule has 0 bridgehead atoms. The molecule has 2 aliphatic heterocycles. The normalized spacial score (nSPS) is 23.8. The first kappa shape index (κ1) is 15.5. The van der Waals surface area contributed by atoms with Gasteiger partial charge in [-0.2, -0.15) is 0 Å². The van der Waals surface area contributed by atoms with Crippen LogP contribution in [-0.4, -0.2) is 31.8 Å². The third-order valence-corrected chi connectivity index (χ3v) is 4.81. The highest BCUT2D eigenvalue weighted by Gasteiger charge is 2.43. The monoisotopic (exact) mass is 337 g/mol. The zero-order chi connectivity index (χ0) is 17.4. The molecule has 0 radical (unpaired) electrons. The van der Waals surface area contributed by atoms with Crippen LogP contribution in [0.25, 0.3) is 16.7 Å². The number of hydrogen-bond acceptors (Lipinski definition) is 6. The van der Waals surface area contributed by atoms with Crippen molar-refractivity contribution in [3.8, 4) is 22.6 Å². The van der Waals surface area contributed by atoms with Crippen LogP contribution in [0.5, 0.6) is 11.5 Å². The van der Waals surface area contributed by atoms with Gasteiger partial charge in [0, 0.05) is 23.6 Å². The summed E-state index contributed by atoms with van der Waals surface area (Å²) in [7, 11) is 3.25. The molecule has 0 saturated carbocycles. The van der Waals surface area contributed by atoms with E-state index in [2.05, 4.69) is 28.5 Å². The Kier molecular flexibility index (Phi) is 3.60. The van der Waals surface area contributed by atoms with Crippen molar-refractivity contribution in [2.24, 2.45) is 10.4 Å². The average molecular weight is 337 g/mol. The summed E-state index contributed by atoms with van der Waals surface area (Å²) < 4.78 is 16.6. The summed E-state index contributed by atoms with van der Waals surface area (Å²) in [6.45, 7) is 2.13. The first-order chi connectivity index (χ1) is 12.2. The van der Waals surface area contributed by atoms with Crippen LogP contribution in [0.15, 0.2) is 52.3 Å². The number of nitrogens with zero attached hydrogens (tertiary/aromatic N) is 2. The molecular weight excluding hydrogens is 318 g/mol. The quantitative estimate of drug-likeness (QED) is 0.927. The van der Waals surface area contributed by atoms with Crippen LogP contribution in [0.4, 0.5) is 0 Å². The summed E-state index contributed by atoms with van der Waals surface area (Å²) in [6, 6.07) is 5.75. The predicted octanol–water partition coefficient (Wildman–Crippen LogP) is 3.28. The van der Waals surface area contributed by atoms with Crippen LogP contribution in [0.2, 0.25) is 0 Å². The van der Waals surface area contributed by atoms with E-state index in [1.165, 1.54) is 0 Å². The highest BCUT2D eigenvalue weighted by atomic mass is 16.5. The Bertz CT molecular complexity index is 897. The Balaban J connectivity index is 1.84. The molecule has 0 amide bonds. The number of aliphatic imine (C=N–C) groups is 1. The number of fused-ring (bicyclic) bond motifs is 1. The molecule has 1 aromatic carbocycles. The molecule has 1 aromatic heterocycles. The van der Waals surface area contributed by atoms with Gasteiger partial charge < -0.3 is 19.3 Å². The van der Waals surface area contributed by atoms with Gasteiger partial charge in [0.15, 0.2) is 17.3 Å². The van der Waals surface area contributed by atoms with Gasteiger partial charge in [-0.25, -0.2) is 0 Å². The number of allylic oxidation sites excluding steroid dienone is 1. The fourth-order valence-electron chi connectivity index (χ4n) is 3.43. The van der Waals surface area contributed by atoms with Crippen molar-refractivity contribution in [1.82, 2.24) is 10.5 Å². The number of dihydropyridines is 1. The number of nitrogens with one attached hydrogen (secondary N) is 1. The minimum absolute atomic E-state index is 0.0438. The van der Waals surface area contributed by atoms with E-state index in [9.17, 15) is 0 Å². The topological polar surface area (TPSA) is 68.9 Å². The Labute approximate surface area is 145 Å². The maximum absolute atomic E-state index is 5.65. The Hall–Kier alpha value is -3.02. The van der Waals surface area contributed by atoms with Crippen LogP contribution in [0.3, 0.4) is 0 Å². The molecular formula is C19H19N3O3. The van der Waals surface area contributed by atoms with Crippen molar-refractivity contribution in [2.45, 2.75) is 13.1 Å². The lowest BCUT2D eigenvalue weighted by Gasteiger charge is -2.29. The maximum Gasteiger partial charge on any atom is 0.173 e. The van der Waals surface area contributed by atoms with E-state index < -0.39 is 0 Å². The number of ether oxygens (including phenoxy) is 2. The molecule has 0 aliphatic carbocycles. The minimum atomic E-state index is -0.296. The van der Waals surface area contributed by atoms with Crippen molar-refractivity contribution in [3.63, 3.8) is 0 Å². The summed E-state index contributed by atoms with van der Waals surface area (Å²) in [5.41, 5.74) is 2.43. The van der Waals surface area contributed by atoms with E-state index in [1.807, 2.05) is 36.7 Å². The van der Waals surface area contributed by atoms with E-state index in [1.54, 1.807) is 20.4 Å². The lowest BCUT2D eigenvalue weighted by atomic mass is 9.78. The maximum atomic E-state index is 5.65. The van der Waals surface area contributed by atoms with Crippen LogP contribution >= 0.6 is 0 Å². The molecule has 3 heterocycles. The van der Waals surface area contributed by atoms with Gasteiger partial charge in [-0.3, -0.25) is 4.99 Å². The van der Waals surface area contributed by atoms with Crippen LogP contribution in [0, 0.1) is 5.41 Å². The second-order valence-electron chi connectivity index (χ2n) is 6.18. The average Bonchev–Trinajstić information content (AvgIpc) is 3.24. The van der Waals surface area contributed by atoms with Crippen LogP contribution in [0.1, 0.15) is 12.7 Å². The number of hydrogen-bond donors (Lipinski definition) is 1. The largest absolute Gasteiger partial charge is 0.493 e. The molecule has 0 fully saturated rings. The lowest BCUT2D eigenvalue weighted by Crippen LogP contribution is -2.34. The fraction of sp³-hybridized carbons (Fsp3) is 0.263. The zero-order valence-electron chi connectivity index (χ0n) is 14.3. The van der Waals surface area contributed by atoms with Gasteiger partial charge >= 0.3 is 0 Å². The van der Waals surface area contributed by atoms with Crippen molar-refractivity contribution < 1.29 is 14.0 Å². The molecule has 4 rings (SSSR count). The molecule has 0 saturated heterocycles. The van der Waals surface area contributed by atoms with Gasteiger partial charge in [0.25, 0.3) is 0 Å². The number of para-hydroxylation sites is 1. The van der Waals surface area contributed by atoms with Crippen molar-refractivity contribution in [2.75, 3.05) is 14.2 Å². The summed E-state index contributed by atoms with van der Waals surface area (Å²) in [5, 5.41) is 7.35. The second kappa shape index (κ2) is 5.81. The van der Waals surface area contributed by atoms with Crippen LogP contribution < -0.4 is 14.8 Å². The van der Waals surface area contributed by atoms with Gasteiger partial charge in [0.05, 0.1) is 31.4 Å². The predicted molar refractivity (Wildman–Crippen MR) is 95.7 cm³/mol. The van der Waals surface area contributed by atoms with E-state index >= 15 is 0 Å². The van der Waals surface area contributed by atoms with Gasteiger partial charge in [-0.05, 0) is 19.1 Å². The van der Waals surface area contributed by atoms with Gasteiger partial charge in [0.1, 0.15) is 6.17 Å². The molecule has 1 N–H and O–H groups in total. The summed E-state index contributed by atoms with van der Waals surface area (Å²) in [4.78, 5) is 4.51. The molecule has 2 aromatic rings. The number of aromatic nitrogens is 1. The first-order valence-corrected chi connectivity index (χ1v) is 8.03. The molecule has 2 atom stereocenters. The van der Waals surface area contributed by atoms with Crippen molar-refractivity contribution >= 4 is 11.8 Å². The van der Waals surface area contributed by atoms with Crippen LogP contribution in [-0.2, 0) is 0 Å². The Morgan fingerprint density at radius 2 is 2.08 bits per heavy atom. The van der Waals surface area contributed by atoms with Gasteiger partial charge in [-0.15, -0.1) is 0 Å². The molecule has 128 valence electrons. The molecule has 6 heteroatoms. The first-order valence-electron chi connectivity index (χ1n) is 8.03. The molecule has 25 heavy (non-hydrogen) atoms. The number of rotatable bonds is 4. The Morgan fingerprint density at radius 1 is 1.20 bits per heavy atom. The Morgan fingerprint density at radius 3 is 2.88 bits per heavy atom. The second-order valence-corrected chi connectivity index (χ2v) is 6.18. The van der Waals surface area contributed by atoms with E-state index in [0.29, 0.717) is 17.3 Å². The lowest BCUT2D eigenvalue weighted by molar-refractivity contribution is 0.356. The molecule has 0 spiro atoms. The SMILES string of the molecule is COc1cccc(-c2cnoc2C2=CNC3N=CC=C[C@@]23C)c1OC. The third-order valence-electron chi connectivity index (χ3n) is 4.81. The zero-order valence-corrected chi connectivity index (χ0v) is 14.3. The van der Waals surface area contributed by atoms with Gasteiger partial charge in [0.2, 0.25) is 0 Å². The summed E-state index contributed by atoms with van der Waals surface area (Å²) in [6.07, 6.45) is 9.51. The van der Waals surface area contributed by atoms with Crippen molar-refractivity contribution in [1.29, 1.82) is 0 Å². The minimum Gasteiger partial charge on any atom is -0.493 e. The number of methoxy groups -OCH3 is 2. The summed E-state index contributed by atoms with van der Waals surface area (Å²) in [5.74, 6) is 2.02. The molecule has 6 nitrogen and oxygen atoms in total. The highest BCUT2D eigenvalue weighted by molar-refractivity contribution is 5.87. The van der Waals surface area contributed by atoms with Gasteiger partial charge in [-0.1, -0.05) is 23.4 Å². The standard InChI is InChI=1S/C19H19N3O3/c1-19-8-5-9-20-18(19)21-11-14(19)16-13(10-22-25-16)12-6-4-7-15(23-2)17(12)24-3/h4-11,18,21H,1-3H3/t18?,19-/m0/s1. The smallest absolute Gasteiger partial charge is 0.173 e. The third kappa shape index (κ3) is 2.25. The van der Waals surface area contributed by atoms with E-state index in [4.69, 9.17) is 14.0 Å². The molecule has 1 unspecified atom stereocenters. The number of benzene rings is 1. The highest BCUT2D eigenvalue weighted by Crippen LogP contribution is 2.48. The summed E-state index contributed by atoms with van der Waals surface area (Å²) >= 11 is 0.